The fourth-order valence-electron chi connectivity index (χ4n) is 3.44. The van der Waals surface area contributed by atoms with Gasteiger partial charge in [-0.05, 0) is 48.2 Å². The summed E-state index contributed by atoms with van der Waals surface area (Å²) < 4.78 is 11.3. The Labute approximate surface area is 141 Å². The normalized spacial score (nSPS) is 21.7. The fraction of sp³-hybridized carbons (Fsp3) is 0.250. The van der Waals surface area contributed by atoms with Gasteiger partial charge in [0.1, 0.15) is 18.5 Å². The molecule has 0 bridgehead atoms. The first-order valence-corrected chi connectivity index (χ1v) is 8.18. The van der Waals surface area contributed by atoms with Crippen LogP contribution in [-0.4, -0.2) is 18.2 Å². The van der Waals surface area contributed by atoms with E-state index in [1.807, 2.05) is 48.5 Å². The number of anilines is 1. The average molecular weight is 321 g/mol. The molecule has 0 aliphatic carbocycles. The number of aryl methyl sites for hydroxylation is 1. The standard InChI is InChI=1S/C20H19NO3/c1-2-19-18-10-8-15-12-16(23-13-14-6-4-3-5-7-14)9-11-17(15)21(18)20(22)24-19/h2-7,9,11-12,18-19H,1,8,10,13H2/t18-,19-/m0/s1. The lowest BCUT2D eigenvalue weighted by Gasteiger charge is -2.30. The molecule has 1 amide bonds. The van der Waals surface area contributed by atoms with E-state index in [2.05, 4.69) is 6.58 Å². The summed E-state index contributed by atoms with van der Waals surface area (Å²) in [4.78, 5) is 13.9. The van der Waals surface area contributed by atoms with Crippen LogP contribution in [0.2, 0.25) is 0 Å². The van der Waals surface area contributed by atoms with Crippen LogP contribution in [0.5, 0.6) is 5.75 Å². The summed E-state index contributed by atoms with van der Waals surface area (Å²) in [6, 6.07) is 16.0. The zero-order chi connectivity index (χ0) is 16.5. The molecule has 2 aliphatic heterocycles. The van der Waals surface area contributed by atoms with E-state index in [0.29, 0.717) is 6.61 Å². The van der Waals surface area contributed by atoms with Crippen LogP contribution < -0.4 is 9.64 Å². The second-order valence-electron chi connectivity index (χ2n) is 6.12. The number of ether oxygens (including phenoxy) is 2. The maximum absolute atomic E-state index is 12.2. The molecule has 2 aliphatic rings. The van der Waals surface area contributed by atoms with Crippen LogP contribution in [0.1, 0.15) is 17.5 Å². The molecule has 2 heterocycles. The molecule has 122 valence electrons. The summed E-state index contributed by atoms with van der Waals surface area (Å²) in [6.07, 6.45) is 2.98. The molecule has 4 heteroatoms. The fourth-order valence-corrected chi connectivity index (χ4v) is 3.44. The molecule has 0 N–H and O–H groups in total. The summed E-state index contributed by atoms with van der Waals surface area (Å²) in [5.41, 5.74) is 3.18. The number of cyclic esters (lactones) is 1. The number of benzene rings is 2. The summed E-state index contributed by atoms with van der Waals surface area (Å²) in [7, 11) is 0. The van der Waals surface area contributed by atoms with Crippen molar-refractivity contribution in [3.05, 3.63) is 72.3 Å². The maximum atomic E-state index is 12.2. The predicted molar refractivity (Wildman–Crippen MR) is 92.3 cm³/mol. The SMILES string of the molecule is C=C[C@@H]1OC(=O)N2c3ccc(OCc4ccccc4)cc3CC[C@@H]12. The van der Waals surface area contributed by atoms with Gasteiger partial charge in [-0.15, -0.1) is 0 Å². The highest BCUT2D eigenvalue weighted by Gasteiger charge is 2.43. The number of fused-ring (bicyclic) bond motifs is 3. The van der Waals surface area contributed by atoms with Crippen molar-refractivity contribution in [2.75, 3.05) is 4.90 Å². The minimum Gasteiger partial charge on any atom is -0.489 e. The van der Waals surface area contributed by atoms with Crippen LogP contribution in [0.4, 0.5) is 10.5 Å². The van der Waals surface area contributed by atoms with Crippen molar-refractivity contribution in [1.29, 1.82) is 0 Å². The van der Waals surface area contributed by atoms with Gasteiger partial charge in [0.2, 0.25) is 0 Å². The molecule has 2 atom stereocenters. The molecule has 0 aromatic heterocycles. The lowest BCUT2D eigenvalue weighted by atomic mass is 9.93. The van der Waals surface area contributed by atoms with Gasteiger partial charge in [-0.1, -0.05) is 36.9 Å². The van der Waals surface area contributed by atoms with Gasteiger partial charge in [-0.2, -0.15) is 0 Å². The van der Waals surface area contributed by atoms with E-state index in [1.165, 1.54) is 0 Å². The highest BCUT2D eigenvalue weighted by molar-refractivity contribution is 5.92. The van der Waals surface area contributed by atoms with Crippen molar-refractivity contribution >= 4 is 11.8 Å². The summed E-state index contributed by atoms with van der Waals surface area (Å²) in [5.74, 6) is 0.823. The van der Waals surface area contributed by atoms with E-state index in [1.54, 1.807) is 11.0 Å². The molecular weight excluding hydrogens is 302 g/mol. The van der Waals surface area contributed by atoms with Crippen LogP contribution in [0.3, 0.4) is 0 Å². The maximum Gasteiger partial charge on any atom is 0.415 e. The molecule has 1 saturated heterocycles. The smallest absolute Gasteiger partial charge is 0.415 e. The number of carbonyl (C=O) groups is 1. The number of carbonyl (C=O) groups excluding carboxylic acids is 1. The van der Waals surface area contributed by atoms with Crippen molar-refractivity contribution in [3.8, 4) is 5.75 Å². The van der Waals surface area contributed by atoms with Crippen molar-refractivity contribution < 1.29 is 14.3 Å². The van der Waals surface area contributed by atoms with Crippen molar-refractivity contribution in [2.24, 2.45) is 0 Å². The second kappa shape index (κ2) is 6.04. The third-order valence-electron chi connectivity index (χ3n) is 4.65. The Balaban J connectivity index is 1.54. The Morgan fingerprint density at radius 1 is 1.25 bits per heavy atom. The summed E-state index contributed by atoms with van der Waals surface area (Å²) >= 11 is 0. The van der Waals surface area contributed by atoms with Crippen LogP contribution in [0.25, 0.3) is 0 Å². The van der Waals surface area contributed by atoms with E-state index in [0.717, 1.165) is 35.4 Å². The molecular formula is C20H19NO3. The molecule has 2 aromatic rings. The van der Waals surface area contributed by atoms with Gasteiger partial charge in [-0.3, -0.25) is 4.90 Å². The van der Waals surface area contributed by atoms with Crippen molar-refractivity contribution in [1.82, 2.24) is 0 Å². The molecule has 4 rings (SSSR count). The Morgan fingerprint density at radius 3 is 2.88 bits per heavy atom. The lowest BCUT2D eigenvalue weighted by molar-refractivity contribution is 0.153. The molecule has 4 nitrogen and oxygen atoms in total. The molecule has 0 saturated carbocycles. The van der Waals surface area contributed by atoms with E-state index in [9.17, 15) is 4.79 Å². The van der Waals surface area contributed by atoms with Gasteiger partial charge in [0.15, 0.2) is 0 Å². The third kappa shape index (κ3) is 2.54. The van der Waals surface area contributed by atoms with E-state index >= 15 is 0 Å². The average Bonchev–Trinajstić information content (AvgIpc) is 2.97. The molecule has 0 unspecified atom stereocenters. The predicted octanol–water partition coefficient (Wildman–Crippen LogP) is 4.09. The second-order valence-corrected chi connectivity index (χ2v) is 6.12. The highest BCUT2D eigenvalue weighted by Crippen LogP contribution is 2.39. The lowest BCUT2D eigenvalue weighted by Crippen LogP contribution is -2.39. The minimum absolute atomic E-state index is 0.0542. The number of nitrogens with zero attached hydrogens (tertiary/aromatic N) is 1. The monoisotopic (exact) mass is 321 g/mol. The Morgan fingerprint density at radius 2 is 2.08 bits per heavy atom. The Hall–Kier alpha value is -2.75. The molecule has 24 heavy (non-hydrogen) atoms. The van der Waals surface area contributed by atoms with E-state index in [4.69, 9.17) is 9.47 Å². The van der Waals surface area contributed by atoms with Crippen LogP contribution in [0.15, 0.2) is 61.2 Å². The third-order valence-corrected chi connectivity index (χ3v) is 4.65. The first kappa shape index (κ1) is 14.8. The van der Waals surface area contributed by atoms with Crippen molar-refractivity contribution in [3.63, 3.8) is 0 Å². The molecule has 1 fully saturated rings. The molecule has 0 radical (unpaired) electrons. The van der Waals surface area contributed by atoms with Crippen LogP contribution in [-0.2, 0) is 17.8 Å². The molecule has 2 aromatic carbocycles. The number of rotatable bonds is 4. The van der Waals surface area contributed by atoms with E-state index < -0.39 is 0 Å². The number of hydrogen-bond donors (Lipinski definition) is 0. The minimum atomic E-state index is -0.288. The zero-order valence-electron chi connectivity index (χ0n) is 13.4. The van der Waals surface area contributed by atoms with Gasteiger partial charge in [0, 0.05) is 0 Å². The largest absolute Gasteiger partial charge is 0.489 e. The summed E-state index contributed by atoms with van der Waals surface area (Å²) in [6.45, 7) is 4.30. The van der Waals surface area contributed by atoms with Gasteiger partial charge >= 0.3 is 6.09 Å². The van der Waals surface area contributed by atoms with Crippen molar-refractivity contribution in [2.45, 2.75) is 31.6 Å². The highest BCUT2D eigenvalue weighted by atomic mass is 16.6. The van der Waals surface area contributed by atoms with Gasteiger partial charge in [-0.25, -0.2) is 4.79 Å². The zero-order valence-corrected chi connectivity index (χ0v) is 13.4. The van der Waals surface area contributed by atoms with Gasteiger partial charge in [0.25, 0.3) is 0 Å². The Bertz CT molecular complexity index is 772. The van der Waals surface area contributed by atoms with Gasteiger partial charge in [0.05, 0.1) is 11.7 Å². The van der Waals surface area contributed by atoms with E-state index in [-0.39, 0.29) is 18.2 Å². The Kier molecular flexibility index (Phi) is 3.73. The topological polar surface area (TPSA) is 38.8 Å². The number of hydrogen-bond acceptors (Lipinski definition) is 3. The summed E-state index contributed by atoms with van der Waals surface area (Å²) in [5, 5.41) is 0. The van der Waals surface area contributed by atoms with Crippen LogP contribution in [0, 0.1) is 0 Å². The van der Waals surface area contributed by atoms with Crippen LogP contribution >= 0.6 is 0 Å². The number of amides is 1. The first-order chi connectivity index (χ1) is 11.8. The van der Waals surface area contributed by atoms with Gasteiger partial charge < -0.3 is 9.47 Å². The first-order valence-electron chi connectivity index (χ1n) is 8.18. The quantitative estimate of drug-likeness (QED) is 0.796. The molecule has 0 spiro atoms.